The smallest absolute Gasteiger partial charge is 0.305 e. The van der Waals surface area contributed by atoms with Crippen LogP contribution in [0, 0.1) is 13.8 Å². The molecule has 1 aromatic carbocycles. The molecule has 24 heavy (non-hydrogen) atoms. The van der Waals surface area contributed by atoms with Crippen molar-refractivity contribution in [2.45, 2.75) is 13.8 Å². The number of H-pyrrole nitrogens is 1. The van der Waals surface area contributed by atoms with E-state index in [4.69, 9.17) is 11.6 Å². The zero-order chi connectivity index (χ0) is 17.0. The quantitative estimate of drug-likeness (QED) is 0.566. The van der Waals surface area contributed by atoms with Crippen molar-refractivity contribution in [1.29, 1.82) is 0 Å². The molecule has 0 aliphatic carbocycles. The molecule has 0 unspecified atom stereocenters. The van der Waals surface area contributed by atoms with Crippen LogP contribution in [0.15, 0.2) is 39.9 Å². The van der Waals surface area contributed by atoms with Crippen molar-refractivity contribution in [3.8, 4) is 5.69 Å². The first-order chi connectivity index (χ1) is 11.5. The molecule has 0 radical (unpaired) electrons. The zero-order valence-electron chi connectivity index (χ0n) is 12.9. The summed E-state index contributed by atoms with van der Waals surface area (Å²) in [5, 5.41) is 1.29. The van der Waals surface area contributed by atoms with Gasteiger partial charge in [-0.1, -0.05) is 17.7 Å². The normalized spacial score (nSPS) is 11.5. The van der Waals surface area contributed by atoms with Gasteiger partial charge < -0.3 is 4.98 Å². The second-order valence-electron chi connectivity index (χ2n) is 5.62. The lowest BCUT2D eigenvalue weighted by molar-refractivity contribution is 0.905. The largest absolute Gasteiger partial charge is 0.333 e. The van der Waals surface area contributed by atoms with Crippen LogP contribution in [0.25, 0.3) is 26.1 Å². The molecule has 5 nitrogen and oxygen atoms in total. The topological polar surface area (TPSA) is 67.8 Å². The maximum Gasteiger partial charge on any atom is 0.333 e. The Balaban J connectivity index is 2.16. The Morgan fingerprint density at radius 2 is 2.00 bits per heavy atom. The van der Waals surface area contributed by atoms with Crippen molar-refractivity contribution in [2.75, 3.05) is 0 Å². The van der Waals surface area contributed by atoms with Gasteiger partial charge in [0.1, 0.15) is 9.53 Å². The predicted molar refractivity (Wildman–Crippen MR) is 97.8 cm³/mol. The second-order valence-corrected chi connectivity index (χ2v) is 7.05. The van der Waals surface area contributed by atoms with Gasteiger partial charge in [0.2, 0.25) is 0 Å². The third kappa shape index (κ3) is 2.18. The molecule has 0 spiro atoms. The van der Waals surface area contributed by atoms with Crippen molar-refractivity contribution >= 4 is 43.4 Å². The number of hydrogen-bond donors (Lipinski definition) is 1. The number of fused-ring (bicyclic) bond motifs is 3. The summed E-state index contributed by atoms with van der Waals surface area (Å²) in [5.41, 5.74) is 2.00. The van der Waals surface area contributed by atoms with Gasteiger partial charge in [0, 0.05) is 16.1 Å². The number of aryl methyl sites for hydroxylation is 2. The summed E-state index contributed by atoms with van der Waals surface area (Å²) in [7, 11) is 0. The van der Waals surface area contributed by atoms with Crippen LogP contribution >= 0.6 is 22.9 Å². The van der Waals surface area contributed by atoms with Crippen molar-refractivity contribution < 1.29 is 0 Å². The van der Waals surface area contributed by atoms with E-state index >= 15 is 0 Å². The van der Waals surface area contributed by atoms with Crippen LogP contribution in [0.1, 0.15) is 11.3 Å². The first-order valence-corrected chi connectivity index (χ1v) is 8.47. The number of halogens is 1. The van der Waals surface area contributed by atoms with Crippen LogP contribution in [0.4, 0.5) is 0 Å². The van der Waals surface area contributed by atoms with Gasteiger partial charge in [-0.05, 0) is 43.7 Å². The van der Waals surface area contributed by atoms with Crippen molar-refractivity contribution in [3.05, 3.63) is 67.4 Å². The summed E-state index contributed by atoms with van der Waals surface area (Å²) in [6, 6.07) is 8.60. The highest BCUT2D eigenvalue weighted by Gasteiger charge is 2.17. The molecule has 7 heteroatoms. The minimum Gasteiger partial charge on any atom is -0.305 e. The maximum atomic E-state index is 12.9. The summed E-state index contributed by atoms with van der Waals surface area (Å²) >= 11 is 7.28. The molecule has 3 heterocycles. The molecule has 0 atom stereocenters. The van der Waals surface area contributed by atoms with E-state index in [1.807, 2.05) is 19.9 Å². The number of pyridine rings is 1. The summed E-state index contributed by atoms with van der Waals surface area (Å²) in [6.07, 6.45) is 0. The van der Waals surface area contributed by atoms with Gasteiger partial charge in [0.05, 0.1) is 11.2 Å². The highest BCUT2D eigenvalue weighted by atomic mass is 35.5. The summed E-state index contributed by atoms with van der Waals surface area (Å²) in [6.45, 7) is 3.85. The number of nitrogens with zero attached hydrogens (tertiary/aromatic N) is 2. The molecular weight excluding hydrogens is 346 g/mol. The maximum absolute atomic E-state index is 12.9. The number of aromatic amines is 1. The molecule has 0 aliphatic heterocycles. The van der Waals surface area contributed by atoms with Crippen LogP contribution < -0.4 is 11.2 Å². The predicted octanol–water partition coefficient (Wildman–Crippen LogP) is 3.56. The molecule has 4 aromatic rings. The van der Waals surface area contributed by atoms with E-state index in [1.165, 1.54) is 11.3 Å². The number of aromatic nitrogens is 3. The lowest BCUT2D eigenvalue weighted by Crippen LogP contribution is -2.33. The van der Waals surface area contributed by atoms with Crippen molar-refractivity contribution in [2.24, 2.45) is 0 Å². The average molecular weight is 358 g/mol. The Bertz CT molecular complexity index is 1240. The van der Waals surface area contributed by atoms with Crippen molar-refractivity contribution in [3.63, 3.8) is 0 Å². The van der Waals surface area contributed by atoms with E-state index < -0.39 is 5.69 Å². The number of thiophene rings is 1. The molecule has 1 N–H and O–H groups in total. The zero-order valence-corrected chi connectivity index (χ0v) is 14.5. The lowest BCUT2D eigenvalue weighted by Gasteiger charge is -2.05. The van der Waals surface area contributed by atoms with Gasteiger partial charge in [-0.25, -0.2) is 14.3 Å². The van der Waals surface area contributed by atoms with E-state index in [2.05, 4.69) is 9.97 Å². The minimum absolute atomic E-state index is 0.365. The average Bonchev–Trinajstić information content (AvgIpc) is 2.86. The third-order valence-electron chi connectivity index (χ3n) is 3.89. The molecule has 120 valence electrons. The van der Waals surface area contributed by atoms with Crippen LogP contribution in [0.5, 0.6) is 0 Å². The van der Waals surface area contributed by atoms with Crippen LogP contribution in [-0.4, -0.2) is 14.5 Å². The van der Waals surface area contributed by atoms with Gasteiger partial charge in [-0.3, -0.25) is 4.79 Å². The fourth-order valence-corrected chi connectivity index (χ4v) is 4.28. The molecule has 3 aromatic heterocycles. The molecule has 0 aliphatic rings. The molecule has 0 amide bonds. The van der Waals surface area contributed by atoms with Gasteiger partial charge in [0.25, 0.3) is 5.56 Å². The van der Waals surface area contributed by atoms with E-state index in [-0.39, 0.29) is 5.56 Å². The Hall–Kier alpha value is -2.44. The first-order valence-electron chi connectivity index (χ1n) is 7.27. The fourth-order valence-electron chi connectivity index (χ4n) is 2.92. The highest BCUT2D eigenvalue weighted by Crippen LogP contribution is 2.31. The van der Waals surface area contributed by atoms with E-state index in [1.54, 1.807) is 24.3 Å². The van der Waals surface area contributed by atoms with Crippen LogP contribution in [0.2, 0.25) is 5.02 Å². The van der Waals surface area contributed by atoms with E-state index in [0.717, 1.165) is 26.0 Å². The summed E-state index contributed by atoms with van der Waals surface area (Å²) in [4.78, 5) is 33.5. The number of nitrogens with one attached hydrogen (secondary N) is 1. The van der Waals surface area contributed by atoms with Crippen molar-refractivity contribution in [1.82, 2.24) is 14.5 Å². The third-order valence-corrected chi connectivity index (χ3v) is 5.19. The summed E-state index contributed by atoms with van der Waals surface area (Å²) in [5.74, 6) is 0. The van der Waals surface area contributed by atoms with Gasteiger partial charge >= 0.3 is 5.69 Å². The molecule has 0 fully saturated rings. The molecule has 0 saturated carbocycles. The second kappa shape index (κ2) is 5.29. The van der Waals surface area contributed by atoms with E-state index in [9.17, 15) is 9.59 Å². The molecule has 0 saturated heterocycles. The SMILES string of the molecule is Cc1cc(C)c2c(n1)sc1c(=O)n(-c3cccc(Cl)c3)c(=O)[nH]c12. The molecule has 4 rings (SSSR count). The summed E-state index contributed by atoms with van der Waals surface area (Å²) < 4.78 is 1.58. The van der Waals surface area contributed by atoms with Crippen LogP contribution in [0.3, 0.4) is 0 Å². The number of benzene rings is 1. The minimum atomic E-state index is -0.491. The highest BCUT2D eigenvalue weighted by molar-refractivity contribution is 7.25. The lowest BCUT2D eigenvalue weighted by atomic mass is 10.1. The Kier molecular flexibility index (Phi) is 3.33. The number of hydrogen-bond acceptors (Lipinski definition) is 4. The Morgan fingerprint density at radius 3 is 2.75 bits per heavy atom. The van der Waals surface area contributed by atoms with Crippen LogP contribution in [-0.2, 0) is 0 Å². The monoisotopic (exact) mass is 357 g/mol. The molecule has 0 bridgehead atoms. The van der Waals surface area contributed by atoms with Gasteiger partial charge in [-0.15, -0.1) is 11.3 Å². The van der Waals surface area contributed by atoms with E-state index in [0.29, 0.717) is 20.9 Å². The fraction of sp³-hybridized carbons (Fsp3) is 0.118. The Labute approximate surface area is 145 Å². The van der Waals surface area contributed by atoms with Gasteiger partial charge in [-0.2, -0.15) is 0 Å². The van der Waals surface area contributed by atoms with Gasteiger partial charge in [0.15, 0.2) is 0 Å². The standard InChI is InChI=1S/C17H12ClN3O2S/c1-8-6-9(2)19-15-12(8)13-14(24-15)16(22)21(17(23)20-13)11-5-3-4-10(18)7-11/h3-7H,1-2H3,(H,20,23). The Morgan fingerprint density at radius 1 is 1.21 bits per heavy atom. The number of rotatable bonds is 1. The molecular formula is C17H12ClN3O2S. The first kappa shape index (κ1) is 15.1.